The zero-order valence-electron chi connectivity index (χ0n) is 13.5. The molecule has 0 aliphatic rings. The predicted molar refractivity (Wildman–Crippen MR) is 89.6 cm³/mol. The quantitative estimate of drug-likeness (QED) is 0.623. The van der Waals surface area contributed by atoms with Crippen LogP contribution in [0.3, 0.4) is 0 Å². The van der Waals surface area contributed by atoms with Gasteiger partial charge in [0.05, 0.1) is 5.25 Å². The number of thioether (sulfide) groups is 1. The van der Waals surface area contributed by atoms with Gasteiger partial charge in [-0.15, -0.1) is 0 Å². The van der Waals surface area contributed by atoms with Crippen LogP contribution in [0.4, 0.5) is 18.9 Å². The van der Waals surface area contributed by atoms with Crippen molar-refractivity contribution in [1.82, 2.24) is 9.97 Å². The molecule has 0 aliphatic carbocycles. The van der Waals surface area contributed by atoms with Crippen molar-refractivity contribution in [3.63, 3.8) is 0 Å². The van der Waals surface area contributed by atoms with Crippen molar-refractivity contribution in [2.45, 2.75) is 36.9 Å². The number of rotatable bonds is 5. The SMILES string of the molecule is CCc1ccc(NC(=O)C(C)Sc2nc(C(F)(F)F)cc(=O)[nH]2)cc1. The summed E-state index contributed by atoms with van der Waals surface area (Å²) in [6.07, 6.45) is -3.86. The first-order valence-corrected chi connectivity index (χ1v) is 8.32. The summed E-state index contributed by atoms with van der Waals surface area (Å²) in [7, 11) is 0. The van der Waals surface area contributed by atoms with Gasteiger partial charge in [-0.2, -0.15) is 13.2 Å². The van der Waals surface area contributed by atoms with Crippen molar-refractivity contribution in [2.75, 3.05) is 5.32 Å². The fourth-order valence-corrected chi connectivity index (χ4v) is 2.74. The number of aromatic amines is 1. The molecule has 0 radical (unpaired) electrons. The summed E-state index contributed by atoms with van der Waals surface area (Å²) < 4.78 is 38.1. The minimum atomic E-state index is -4.73. The van der Waals surface area contributed by atoms with Gasteiger partial charge in [0.2, 0.25) is 5.91 Å². The van der Waals surface area contributed by atoms with Crippen LogP contribution < -0.4 is 10.9 Å². The average molecular weight is 371 g/mol. The molecule has 25 heavy (non-hydrogen) atoms. The average Bonchev–Trinajstić information content (AvgIpc) is 2.54. The minimum Gasteiger partial charge on any atom is -0.325 e. The van der Waals surface area contributed by atoms with E-state index in [1.807, 2.05) is 19.1 Å². The highest BCUT2D eigenvalue weighted by atomic mass is 32.2. The van der Waals surface area contributed by atoms with Gasteiger partial charge in [0.25, 0.3) is 5.56 Å². The van der Waals surface area contributed by atoms with Crippen molar-refractivity contribution < 1.29 is 18.0 Å². The van der Waals surface area contributed by atoms with Gasteiger partial charge in [-0.05, 0) is 31.0 Å². The summed E-state index contributed by atoms with van der Waals surface area (Å²) in [6, 6.07) is 7.62. The number of aromatic nitrogens is 2. The standard InChI is InChI=1S/C16H16F3N3O2S/c1-3-10-4-6-11(7-5-10)20-14(24)9(2)25-15-21-12(16(17,18)19)8-13(23)22-15/h4-9H,3H2,1-2H3,(H,20,24)(H,21,22,23). The maximum atomic E-state index is 12.7. The fraction of sp³-hybridized carbons (Fsp3) is 0.312. The maximum Gasteiger partial charge on any atom is 0.433 e. The highest BCUT2D eigenvalue weighted by Crippen LogP contribution is 2.28. The van der Waals surface area contributed by atoms with Gasteiger partial charge in [0.15, 0.2) is 10.9 Å². The Hall–Kier alpha value is -2.29. The van der Waals surface area contributed by atoms with E-state index in [1.54, 1.807) is 12.1 Å². The van der Waals surface area contributed by atoms with Gasteiger partial charge in [0.1, 0.15) is 0 Å². The highest BCUT2D eigenvalue weighted by Gasteiger charge is 2.33. The Bertz CT molecular complexity index is 804. The molecular weight excluding hydrogens is 355 g/mol. The molecule has 1 amide bonds. The van der Waals surface area contributed by atoms with E-state index < -0.39 is 28.6 Å². The van der Waals surface area contributed by atoms with Crippen molar-refractivity contribution in [1.29, 1.82) is 0 Å². The lowest BCUT2D eigenvalue weighted by molar-refractivity contribution is -0.141. The molecule has 1 heterocycles. The number of hydrogen-bond donors (Lipinski definition) is 2. The van der Waals surface area contributed by atoms with Crippen LogP contribution in [0.15, 0.2) is 40.3 Å². The number of amides is 1. The summed E-state index contributed by atoms with van der Waals surface area (Å²) in [5, 5.41) is 1.66. The van der Waals surface area contributed by atoms with Crippen LogP contribution in [0.25, 0.3) is 0 Å². The summed E-state index contributed by atoms with van der Waals surface area (Å²) >= 11 is 0.744. The van der Waals surface area contributed by atoms with Gasteiger partial charge < -0.3 is 10.3 Å². The maximum absolute atomic E-state index is 12.7. The number of anilines is 1. The number of carbonyl (C=O) groups excluding carboxylic acids is 1. The lowest BCUT2D eigenvalue weighted by Gasteiger charge is -2.12. The molecule has 134 valence electrons. The number of aryl methyl sites for hydroxylation is 1. The third-order valence-electron chi connectivity index (χ3n) is 3.30. The molecule has 0 saturated heterocycles. The number of H-pyrrole nitrogens is 1. The predicted octanol–water partition coefficient (Wildman–Crippen LogP) is 3.47. The highest BCUT2D eigenvalue weighted by molar-refractivity contribution is 8.00. The largest absolute Gasteiger partial charge is 0.433 e. The molecule has 1 aromatic carbocycles. The second-order valence-corrected chi connectivity index (χ2v) is 6.56. The number of alkyl halides is 3. The third-order valence-corrected chi connectivity index (χ3v) is 4.28. The van der Waals surface area contributed by atoms with E-state index in [2.05, 4.69) is 15.3 Å². The Morgan fingerprint density at radius 1 is 1.32 bits per heavy atom. The molecule has 1 atom stereocenters. The number of halogens is 3. The lowest BCUT2D eigenvalue weighted by atomic mass is 10.1. The minimum absolute atomic E-state index is 0.260. The monoisotopic (exact) mass is 371 g/mol. The smallest absolute Gasteiger partial charge is 0.325 e. The number of benzene rings is 1. The van der Waals surface area contributed by atoms with Crippen molar-refractivity contribution in [2.24, 2.45) is 0 Å². The molecule has 0 aliphatic heterocycles. The zero-order chi connectivity index (χ0) is 18.6. The van der Waals surface area contributed by atoms with E-state index in [9.17, 15) is 22.8 Å². The fourth-order valence-electron chi connectivity index (χ4n) is 1.92. The summed E-state index contributed by atoms with van der Waals surface area (Å²) in [5.41, 5.74) is -0.514. The van der Waals surface area contributed by atoms with Crippen molar-refractivity contribution >= 4 is 23.4 Å². The van der Waals surface area contributed by atoms with Crippen molar-refractivity contribution in [3.05, 3.63) is 51.9 Å². The van der Waals surface area contributed by atoms with Crippen LogP contribution in [0.5, 0.6) is 0 Å². The Morgan fingerprint density at radius 2 is 1.96 bits per heavy atom. The molecule has 2 N–H and O–H groups in total. The molecule has 0 saturated carbocycles. The topological polar surface area (TPSA) is 74.8 Å². The third kappa shape index (κ3) is 5.35. The molecule has 0 fully saturated rings. The number of carbonyl (C=O) groups is 1. The first-order valence-electron chi connectivity index (χ1n) is 7.44. The van der Waals surface area contributed by atoms with Gasteiger partial charge >= 0.3 is 6.18 Å². The molecule has 5 nitrogen and oxygen atoms in total. The Labute approximate surface area is 146 Å². The molecule has 2 aromatic rings. The van der Waals surface area contributed by atoms with Crippen LogP contribution in [0, 0.1) is 0 Å². The second kappa shape index (κ2) is 7.73. The van der Waals surface area contributed by atoms with Crippen LogP contribution in [0.2, 0.25) is 0 Å². The van der Waals surface area contributed by atoms with E-state index in [0.717, 1.165) is 23.7 Å². The summed E-state index contributed by atoms with van der Waals surface area (Å²) in [4.78, 5) is 29.1. The molecule has 9 heteroatoms. The molecule has 1 unspecified atom stereocenters. The molecule has 0 spiro atoms. The Kier molecular flexibility index (Phi) is 5.89. The summed E-state index contributed by atoms with van der Waals surface area (Å²) in [5.74, 6) is -0.408. The Balaban J connectivity index is 2.08. The second-order valence-electron chi connectivity index (χ2n) is 5.23. The van der Waals surface area contributed by atoms with E-state index in [-0.39, 0.29) is 5.16 Å². The number of nitrogens with zero attached hydrogens (tertiary/aromatic N) is 1. The number of nitrogens with one attached hydrogen (secondary N) is 2. The summed E-state index contributed by atoms with van der Waals surface area (Å²) in [6.45, 7) is 3.52. The molecule has 1 aromatic heterocycles. The van der Waals surface area contributed by atoms with Crippen LogP contribution in [-0.2, 0) is 17.4 Å². The van der Waals surface area contributed by atoms with Gasteiger partial charge in [-0.25, -0.2) is 4.98 Å². The van der Waals surface area contributed by atoms with E-state index in [0.29, 0.717) is 11.8 Å². The van der Waals surface area contributed by atoms with Crippen LogP contribution >= 0.6 is 11.8 Å². The normalized spacial score (nSPS) is 12.7. The van der Waals surface area contributed by atoms with Gasteiger partial charge in [-0.1, -0.05) is 30.8 Å². The molecular formula is C16H16F3N3O2S. The first-order chi connectivity index (χ1) is 11.7. The number of hydrogen-bond acceptors (Lipinski definition) is 4. The van der Waals surface area contributed by atoms with Gasteiger partial charge in [0, 0.05) is 11.8 Å². The van der Waals surface area contributed by atoms with E-state index in [4.69, 9.17) is 0 Å². The van der Waals surface area contributed by atoms with Crippen molar-refractivity contribution in [3.8, 4) is 0 Å². The van der Waals surface area contributed by atoms with E-state index in [1.165, 1.54) is 6.92 Å². The Morgan fingerprint density at radius 3 is 2.52 bits per heavy atom. The van der Waals surface area contributed by atoms with Crippen LogP contribution in [-0.4, -0.2) is 21.1 Å². The molecule has 0 bridgehead atoms. The van der Waals surface area contributed by atoms with Crippen LogP contribution in [0.1, 0.15) is 25.1 Å². The first kappa shape index (κ1) is 19.0. The lowest BCUT2D eigenvalue weighted by Crippen LogP contribution is -2.24. The van der Waals surface area contributed by atoms with Gasteiger partial charge in [-0.3, -0.25) is 9.59 Å². The molecule has 2 rings (SSSR count). The zero-order valence-corrected chi connectivity index (χ0v) is 14.3. The van der Waals surface area contributed by atoms with E-state index >= 15 is 0 Å².